The van der Waals surface area contributed by atoms with Gasteiger partial charge in [0, 0.05) is 22.2 Å². The molecule has 104 valence electrons. The molecule has 0 atom stereocenters. The van der Waals surface area contributed by atoms with Crippen molar-refractivity contribution in [2.45, 2.75) is 6.54 Å². The molecule has 0 heterocycles. The quantitative estimate of drug-likeness (QED) is 0.767. The molecule has 0 fully saturated rings. The average Bonchev–Trinajstić information content (AvgIpc) is 2.41. The molecule has 0 aromatic heterocycles. The van der Waals surface area contributed by atoms with Crippen LogP contribution < -0.4 is 0 Å². The van der Waals surface area contributed by atoms with Crippen LogP contribution in [0.3, 0.4) is 0 Å². The van der Waals surface area contributed by atoms with E-state index >= 15 is 0 Å². The second-order valence-electron chi connectivity index (χ2n) is 4.73. The minimum absolute atomic E-state index is 0.0592. The zero-order valence-electron chi connectivity index (χ0n) is 11.1. The first kappa shape index (κ1) is 15.0. The van der Waals surface area contributed by atoms with Crippen molar-refractivity contribution >= 4 is 29.0 Å². The van der Waals surface area contributed by atoms with E-state index < -0.39 is 0 Å². The van der Waals surface area contributed by atoms with Gasteiger partial charge in [0.25, 0.3) is 0 Å². The van der Waals surface area contributed by atoms with Gasteiger partial charge in [-0.05, 0) is 36.9 Å². The maximum Gasteiger partial charge on any atom is 0.176 e. The van der Waals surface area contributed by atoms with Crippen LogP contribution in [0, 0.1) is 0 Å². The number of nitrogens with zero attached hydrogens (tertiary/aromatic N) is 1. The summed E-state index contributed by atoms with van der Waals surface area (Å²) in [5.74, 6) is 0.0592. The van der Waals surface area contributed by atoms with E-state index in [2.05, 4.69) is 0 Å². The molecule has 0 spiro atoms. The van der Waals surface area contributed by atoms with Crippen LogP contribution in [0.5, 0.6) is 0 Å². The second kappa shape index (κ2) is 6.89. The molecule has 20 heavy (non-hydrogen) atoms. The monoisotopic (exact) mass is 307 g/mol. The molecule has 0 saturated heterocycles. The van der Waals surface area contributed by atoms with E-state index in [4.69, 9.17) is 23.2 Å². The lowest BCUT2D eigenvalue weighted by Crippen LogP contribution is -2.25. The Balaban J connectivity index is 1.95. The number of Topliss-reactive ketones (excluding diaryl/α,β-unsaturated/α-hetero) is 1. The minimum atomic E-state index is 0.0592. The Bertz CT molecular complexity index is 596. The fourth-order valence-electron chi connectivity index (χ4n) is 1.96. The third-order valence-corrected chi connectivity index (χ3v) is 3.41. The molecule has 0 aliphatic rings. The number of rotatable bonds is 5. The number of carbonyl (C=O) groups excluding carboxylic acids is 1. The Morgan fingerprint density at radius 1 is 1.05 bits per heavy atom. The third kappa shape index (κ3) is 4.34. The Morgan fingerprint density at radius 2 is 1.75 bits per heavy atom. The standard InChI is InChI=1S/C16H15Cl2NO/c1-19(10-12-5-7-14(17)8-6-12)11-16(20)13-3-2-4-15(18)9-13/h2-9H,10-11H2,1H3. The maximum absolute atomic E-state index is 12.1. The van der Waals surface area contributed by atoms with Gasteiger partial charge in [0.1, 0.15) is 0 Å². The highest BCUT2D eigenvalue weighted by Gasteiger charge is 2.10. The van der Waals surface area contributed by atoms with E-state index in [0.29, 0.717) is 28.7 Å². The van der Waals surface area contributed by atoms with Crippen molar-refractivity contribution in [2.75, 3.05) is 13.6 Å². The molecule has 0 bridgehead atoms. The van der Waals surface area contributed by atoms with Gasteiger partial charge in [-0.3, -0.25) is 9.69 Å². The Hall–Kier alpha value is -1.35. The lowest BCUT2D eigenvalue weighted by atomic mass is 10.1. The molecule has 0 N–H and O–H groups in total. The lowest BCUT2D eigenvalue weighted by Gasteiger charge is -2.16. The summed E-state index contributed by atoms with van der Waals surface area (Å²) in [6.45, 7) is 1.05. The zero-order chi connectivity index (χ0) is 14.5. The van der Waals surface area contributed by atoms with Crippen molar-refractivity contribution in [3.05, 3.63) is 69.7 Å². The highest BCUT2D eigenvalue weighted by atomic mass is 35.5. The van der Waals surface area contributed by atoms with Gasteiger partial charge in [0.2, 0.25) is 0 Å². The predicted molar refractivity (Wildman–Crippen MR) is 83.6 cm³/mol. The van der Waals surface area contributed by atoms with E-state index in [9.17, 15) is 4.79 Å². The minimum Gasteiger partial charge on any atom is -0.295 e. The van der Waals surface area contributed by atoms with Gasteiger partial charge < -0.3 is 0 Å². The van der Waals surface area contributed by atoms with Crippen LogP contribution in [0.2, 0.25) is 10.0 Å². The maximum atomic E-state index is 12.1. The van der Waals surface area contributed by atoms with Crippen molar-refractivity contribution in [3.63, 3.8) is 0 Å². The predicted octanol–water partition coefficient (Wildman–Crippen LogP) is 4.31. The molecule has 2 aromatic rings. The fraction of sp³-hybridized carbons (Fsp3) is 0.188. The number of carbonyl (C=O) groups is 1. The normalized spacial score (nSPS) is 10.8. The Labute approximate surface area is 128 Å². The lowest BCUT2D eigenvalue weighted by molar-refractivity contribution is 0.0943. The number of hydrogen-bond acceptors (Lipinski definition) is 2. The van der Waals surface area contributed by atoms with Gasteiger partial charge in [0.05, 0.1) is 6.54 Å². The van der Waals surface area contributed by atoms with Crippen molar-refractivity contribution < 1.29 is 4.79 Å². The highest BCUT2D eigenvalue weighted by molar-refractivity contribution is 6.31. The smallest absolute Gasteiger partial charge is 0.176 e. The van der Waals surface area contributed by atoms with Crippen LogP contribution in [-0.4, -0.2) is 24.3 Å². The average molecular weight is 308 g/mol. The number of hydrogen-bond donors (Lipinski definition) is 0. The number of benzene rings is 2. The van der Waals surface area contributed by atoms with Gasteiger partial charge >= 0.3 is 0 Å². The SMILES string of the molecule is CN(CC(=O)c1cccc(Cl)c1)Cc1ccc(Cl)cc1. The second-order valence-corrected chi connectivity index (χ2v) is 5.61. The largest absolute Gasteiger partial charge is 0.295 e. The summed E-state index contributed by atoms with van der Waals surface area (Å²) < 4.78 is 0. The van der Waals surface area contributed by atoms with Crippen LogP contribution in [-0.2, 0) is 6.54 Å². The van der Waals surface area contributed by atoms with Crippen LogP contribution in [0.15, 0.2) is 48.5 Å². The molecule has 0 saturated carbocycles. The molecule has 4 heteroatoms. The molecular formula is C16H15Cl2NO. The van der Waals surface area contributed by atoms with Gasteiger partial charge in [-0.25, -0.2) is 0 Å². The van der Waals surface area contributed by atoms with Gasteiger partial charge in [-0.1, -0.05) is 47.5 Å². The van der Waals surface area contributed by atoms with Crippen LogP contribution in [0.25, 0.3) is 0 Å². The summed E-state index contributed by atoms with van der Waals surface area (Å²) in [5.41, 5.74) is 1.76. The van der Waals surface area contributed by atoms with Gasteiger partial charge in [-0.2, -0.15) is 0 Å². The molecule has 0 aliphatic heterocycles. The molecule has 0 unspecified atom stereocenters. The molecule has 2 aromatic carbocycles. The molecule has 0 aliphatic carbocycles. The summed E-state index contributed by atoms with van der Waals surface area (Å²) >= 11 is 11.7. The molecule has 2 rings (SSSR count). The number of ketones is 1. The van der Waals surface area contributed by atoms with Crippen LogP contribution in [0.1, 0.15) is 15.9 Å². The van der Waals surface area contributed by atoms with Crippen molar-refractivity contribution in [1.82, 2.24) is 4.90 Å². The van der Waals surface area contributed by atoms with E-state index in [1.54, 1.807) is 24.3 Å². The third-order valence-electron chi connectivity index (χ3n) is 2.93. The molecular weight excluding hydrogens is 293 g/mol. The first-order valence-corrected chi connectivity index (χ1v) is 7.02. The van der Waals surface area contributed by atoms with E-state index in [1.807, 2.05) is 36.2 Å². The fourth-order valence-corrected chi connectivity index (χ4v) is 2.27. The van der Waals surface area contributed by atoms with Crippen molar-refractivity contribution in [3.8, 4) is 0 Å². The molecule has 2 nitrogen and oxygen atoms in total. The van der Waals surface area contributed by atoms with E-state index in [0.717, 1.165) is 5.56 Å². The van der Waals surface area contributed by atoms with Gasteiger partial charge in [-0.15, -0.1) is 0 Å². The van der Waals surface area contributed by atoms with Crippen molar-refractivity contribution in [2.24, 2.45) is 0 Å². The zero-order valence-corrected chi connectivity index (χ0v) is 12.7. The first-order valence-electron chi connectivity index (χ1n) is 6.26. The van der Waals surface area contributed by atoms with E-state index in [-0.39, 0.29) is 5.78 Å². The Morgan fingerprint density at radius 3 is 2.40 bits per heavy atom. The summed E-state index contributed by atoms with van der Waals surface area (Å²) in [7, 11) is 1.91. The molecule has 0 amide bonds. The highest BCUT2D eigenvalue weighted by Crippen LogP contribution is 2.13. The first-order chi connectivity index (χ1) is 9.54. The van der Waals surface area contributed by atoms with E-state index in [1.165, 1.54) is 0 Å². The molecule has 0 radical (unpaired) electrons. The van der Waals surface area contributed by atoms with Crippen molar-refractivity contribution in [1.29, 1.82) is 0 Å². The number of likely N-dealkylation sites (N-methyl/N-ethyl adjacent to an activating group) is 1. The van der Waals surface area contributed by atoms with Crippen LogP contribution in [0.4, 0.5) is 0 Å². The summed E-state index contributed by atoms with van der Waals surface area (Å²) in [4.78, 5) is 14.1. The number of halogens is 2. The van der Waals surface area contributed by atoms with Crippen LogP contribution >= 0.6 is 23.2 Å². The summed E-state index contributed by atoms with van der Waals surface area (Å²) in [5, 5.41) is 1.29. The summed E-state index contributed by atoms with van der Waals surface area (Å²) in [6, 6.07) is 14.6. The Kier molecular flexibility index (Phi) is 5.18. The summed E-state index contributed by atoms with van der Waals surface area (Å²) in [6.07, 6.45) is 0. The topological polar surface area (TPSA) is 20.3 Å². The van der Waals surface area contributed by atoms with Gasteiger partial charge in [0.15, 0.2) is 5.78 Å².